The molecule has 1 amide bonds. The molecule has 0 saturated carbocycles. The second-order valence-electron chi connectivity index (χ2n) is 5.62. The van der Waals surface area contributed by atoms with Crippen LogP contribution in [0.25, 0.3) is 0 Å². The predicted octanol–water partition coefficient (Wildman–Crippen LogP) is 3.38. The van der Waals surface area contributed by atoms with E-state index in [2.05, 4.69) is 6.92 Å². The maximum atomic E-state index is 12.6. The lowest BCUT2D eigenvalue weighted by molar-refractivity contribution is -0.134. The molecular weight excluding hydrogens is 272 g/mol. The fourth-order valence-corrected chi connectivity index (χ4v) is 3.05. The minimum absolute atomic E-state index is 0.0572. The Morgan fingerprint density at radius 3 is 2.85 bits per heavy atom. The van der Waals surface area contributed by atoms with E-state index in [1.54, 1.807) is 0 Å². The number of carbonyl (C=O) groups excluding carboxylic acids is 1. The van der Waals surface area contributed by atoms with E-state index < -0.39 is 6.04 Å². The molecule has 1 heterocycles. The Kier molecular flexibility index (Phi) is 5.06. The third-order valence-corrected chi connectivity index (χ3v) is 4.69. The van der Waals surface area contributed by atoms with Gasteiger partial charge in [0.1, 0.15) is 0 Å². The Morgan fingerprint density at radius 2 is 2.20 bits per heavy atom. The van der Waals surface area contributed by atoms with Gasteiger partial charge in [0.05, 0.1) is 12.1 Å². The summed E-state index contributed by atoms with van der Waals surface area (Å²) >= 11 is 6.27. The van der Waals surface area contributed by atoms with Crippen LogP contribution in [0.15, 0.2) is 24.3 Å². The Labute approximate surface area is 126 Å². The molecule has 1 saturated heterocycles. The molecule has 2 N–H and O–H groups in total. The number of carbonyl (C=O) groups is 1. The van der Waals surface area contributed by atoms with Gasteiger partial charge in [-0.2, -0.15) is 0 Å². The monoisotopic (exact) mass is 294 g/mol. The maximum Gasteiger partial charge on any atom is 0.240 e. The highest BCUT2D eigenvalue weighted by molar-refractivity contribution is 6.31. The van der Waals surface area contributed by atoms with Crippen LogP contribution >= 0.6 is 11.6 Å². The van der Waals surface area contributed by atoms with Crippen LogP contribution in [0.5, 0.6) is 0 Å². The minimum atomic E-state index is -0.414. The predicted molar refractivity (Wildman–Crippen MR) is 82.6 cm³/mol. The van der Waals surface area contributed by atoms with Gasteiger partial charge in [0, 0.05) is 11.6 Å². The number of amides is 1. The van der Waals surface area contributed by atoms with E-state index in [0.717, 1.165) is 36.4 Å². The molecule has 1 aromatic carbocycles. The van der Waals surface area contributed by atoms with Crippen molar-refractivity contribution in [3.63, 3.8) is 0 Å². The molecule has 1 aliphatic heterocycles. The normalized spacial score (nSPS) is 21.8. The van der Waals surface area contributed by atoms with Crippen molar-refractivity contribution in [2.45, 2.75) is 45.2 Å². The van der Waals surface area contributed by atoms with Gasteiger partial charge in [0.15, 0.2) is 0 Å². The molecule has 1 fully saturated rings. The molecule has 4 heteroatoms. The largest absolute Gasteiger partial charge is 0.334 e. The Bertz CT molecular complexity index is 477. The zero-order chi connectivity index (χ0) is 14.7. The van der Waals surface area contributed by atoms with Gasteiger partial charge in [-0.1, -0.05) is 50.1 Å². The van der Waals surface area contributed by atoms with Gasteiger partial charge in [-0.05, 0) is 30.4 Å². The van der Waals surface area contributed by atoms with E-state index in [4.69, 9.17) is 17.3 Å². The number of benzene rings is 1. The lowest BCUT2D eigenvalue weighted by Gasteiger charge is -2.30. The van der Waals surface area contributed by atoms with E-state index in [9.17, 15) is 4.79 Å². The fraction of sp³-hybridized carbons (Fsp3) is 0.562. The van der Waals surface area contributed by atoms with Crippen molar-refractivity contribution in [2.24, 2.45) is 11.7 Å². The maximum absolute atomic E-state index is 12.6. The van der Waals surface area contributed by atoms with Crippen molar-refractivity contribution in [2.75, 3.05) is 6.54 Å². The van der Waals surface area contributed by atoms with Gasteiger partial charge in [-0.25, -0.2) is 0 Å². The number of rotatable bonds is 4. The summed E-state index contributed by atoms with van der Waals surface area (Å²) in [6, 6.07) is 7.43. The summed E-state index contributed by atoms with van der Waals surface area (Å²) in [5.74, 6) is 0.261. The highest BCUT2D eigenvalue weighted by Crippen LogP contribution is 2.36. The third-order valence-electron chi connectivity index (χ3n) is 4.34. The van der Waals surface area contributed by atoms with Gasteiger partial charge in [-0.15, -0.1) is 0 Å². The van der Waals surface area contributed by atoms with Crippen molar-refractivity contribution >= 4 is 17.5 Å². The van der Waals surface area contributed by atoms with Crippen LogP contribution < -0.4 is 5.73 Å². The number of hydrogen-bond acceptors (Lipinski definition) is 2. The molecule has 1 aliphatic rings. The molecule has 3 nitrogen and oxygen atoms in total. The lowest BCUT2D eigenvalue weighted by Crippen LogP contribution is -2.46. The molecule has 0 aromatic heterocycles. The number of nitrogens with zero attached hydrogens (tertiary/aromatic N) is 1. The van der Waals surface area contributed by atoms with E-state index >= 15 is 0 Å². The van der Waals surface area contributed by atoms with E-state index in [1.807, 2.05) is 36.1 Å². The summed E-state index contributed by atoms with van der Waals surface area (Å²) in [6.07, 6.45) is 2.88. The lowest BCUT2D eigenvalue weighted by atomic mass is 9.97. The average Bonchev–Trinajstić information content (AvgIpc) is 2.94. The highest BCUT2D eigenvalue weighted by Gasteiger charge is 2.34. The molecular formula is C16H23ClN2O. The summed E-state index contributed by atoms with van der Waals surface area (Å²) in [7, 11) is 0. The number of nitrogens with two attached hydrogens (primary N) is 1. The molecule has 3 unspecified atom stereocenters. The summed E-state index contributed by atoms with van der Waals surface area (Å²) in [5, 5.41) is 0.731. The topological polar surface area (TPSA) is 46.3 Å². The van der Waals surface area contributed by atoms with Crippen LogP contribution in [-0.4, -0.2) is 23.4 Å². The molecule has 20 heavy (non-hydrogen) atoms. The van der Waals surface area contributed by atoms with Crippen LogP contribution in [0.1, 0.15) is 44.7 Å². The second-order valence-corrected chi connectivity index (χ2v) is 6.03. The standard InChI is InChI=1S/C16H23ClN2O/c1-3-11(2)15(18)16(20)19-10-6-9-14(19)12-7-4-5-8-13(12)17/h4-5,7-8,11,14-15H,3,6,9-10,18H2,1-2H3. The van der Waals surface area contributed by atoms with E-state index in [-0.39, 0.29) is 17.9 Å². The Balaban J connectivity index is 2.19. The molecule has 110 valence electrons. The molecule has 3 atom stereocenters. The number of likely N-dealkylation sites (tertiary alicyclic amines) is 1. The molecule has 0 bridgehead atoms. The fourth-order valence-electron chi connectivity index (χ4n) is 2.79. The first kappa shape index (κ1) is 15.3. The quantitative estimate of drug-likeness (QED) is 0.925. The molecule has 0 spiro atoms. The van der Waals surface area contributed by atoms with Crippen LogP contribution in [0.2, 0.25) is 5.02 Å². The average molecular weight is 295 g/mol. The second kappa shape index (κ2) is 6.59. The zero-order valence-electron chi connectivity index (χ0n) is 12.2. The van der Waals surface area contributed by atoms with Crippen molar-refractivity contribution < 1.29 is 4.79 Å². The SMILES string of the molecule is CCC(C)C(N)C(=O)N1CCCC1c1ccccc1Cl. The first-order chi connectivity index (χ1) is 9.56. The van der Waals surface area contributed by atoms with Crippen molar-refractivity contribution in [3.8, 4) is 0 Å². The summed E-state index contributed by atoms with van der Waals surface area (Å²) in [4.78, 5) is 14.5. The molecule has 1 aromatic rings. The summed E-state index contributed by atoms with van der Waals surface area (Å²) < 4.78 is 0. The highest BCUT2D eigenvalue weighted by atomic mass is 35.5. The Morgan fingerprint density at radius 1 is 1.50 bits per heavy atom. The van der Waals surface area contributed by atoms with Crippen molar-refractivity contribution in [1.82, 2.24) is 4.90 Å². The van der Waals surface area contributed by atoms with Crippen LogP contribution in [0.4, 0.5) is 0 Å². The third kappa shape index (κ3) is 2.99. The van der Waals surface area contributed by atoms with Gasteiger partial charge in [0.2, 0.25) is 5.91 Å². The number of hydrogen-bond donors (Lipinski definition) is 1. The van der Waals surface area contributed by atoms with Gasteiger partial charge < -0.3 is 10.6 Å². The summed E-state index contributed by atoms with van der Waals surface area (Å²) in [5.41, 5.74) is 7.14. The van der Waals surface area contributed by atoms with Crippen LogP contribution in [0, 0.1) is 5.92 Å². The Hall–Kier alpha value is -1.06. The molecule has 0 radical (unpaired) electrons. The van der Waals surface area contributed by atoms with Crippen LogP contribution in [0.3, 0.4) is 0 Å². The zero-order valence-corrected chi connectivity index (χ0v) is 12.9. The van der Waals surface area contributed by atoms with Crippen molar-refractivity contribution in [1.29, 1.82) is 0 Å². The van der Waals surface area contributed by atoms with E-state index in [1.165, 1.54) is 0 Å². The van der Waals surface area contributed by atoms with E-state index in [0.29, 0.717) is 0 Å². The van der Waals surface area contributed by atoms with Gasteiger partial charge in [-0.3, -0.25) is 4.79 Å². The first-order valence-electron chi connectivity index (χ1n) is 7.36. The summed E-state index contributed by atoms with van der Waals surface area (Å²) in [6.45, 7) is 4.87. The molecule has 2 rings (SSSR count). The number of halogens is 1. The van der Waals surface area contributed by atoms with Crippen molar-refractivity contribution in [3.05, 3.63) is 34.9 Å². The first-order valence-corrected chi connectivity index (χ1v) is 7.74. The van der Waals surface area contributed by atoms with Gasteiger partial charge in [0.25, 0.3) is 0 Å². The van der Waals surface area contributed by atoms with Gasteiger partial charge >= 0.3 is 0 Å². The smallest absolute Gasteiger partial charge is 0.240 e. The minimum Gasteiger partial charge on any atom is -0.334 e. The van der Waals surface area contributed by atoms with Crippen LogP contribution in [-0.2, 0) is 4.79 Å². The molecule has 0 aliphatic carbocycles.